The van der Waals surface area contributed by atoms with Gasteiger partial charge in [0.2, 0.25) is 0 Å². The molecule has 0 unspecified atom stereocenters. The number of hydrogen-bond acceptors (Lipinski definition) is 6. The fourth-order valence-electron chi connectivity index (χ4n) is 3.17. The zero-order valence-electron chi connectivity index (χ0n) is 16.5. The number of aromatic nitrogens is 3. The van der Waals surface area contributed by atoms with Gasteiger partial charge in [-0.25, -0.2) is 14.6 Å². The Bertz CT molecular complexity index is 833. The van der Waals surface area contributed by atoms with E-state index >= 15 is 0 Å². The summed E-state index contributed by atoms with van der Waals surface area (Å²) in [5.74, 6) is 1.10. The van der Waals surface area contributed by atoms with Crippen LogP contribution < -0.4 is 10.2 Å². The van der Waals surface area contributed by atoms with Crippen molar-refractivity contribution in [2.75, 3.05) is 43.0 Å². The van der Waals surface area contributed by atoms with Crippen molar-refractivity contribution >= 4 is 23.6 Å². The van der Waals surface area contributed by atoms with Crippen LogP contribution in [0.2, 0.25) is 0 Å². The van der Waals surface area contributed by atoms with Gasteiger partial charge >= 0.3 is 12.0 Å². The number of esters is 1. The fraction of sp³-hybridized carbons (Fsp3) is 0.474. The molecule has 0 bridgehead atoms. The number of rotatable bonds is 4. The molecule has 1 N–H and O–H groups in total. The van der Waals surface area contributed by atoms with E-state index in [0.717, 1.165) is 24.5 Å². The molecule has 3 heterocycles. The Morgan fingerprint density at radius 1 is 1.21 bits per heavy atom. The highest BCUT2D eigenvalue weighted by atomic mass is 16.5. The van der Waals surface area contributed by atoms with Gasteiger partial charge in [-0.1, -0.05) is 0 Å². The lowest BCUT2D eigenvalue weighted by Gasteiger charge is -2.23. The summed E-state index contributed by atoms with van der Waals surface area (Å²) in [4.78, 5) is 32.7. The van der Waals surface area contributed by atoms with E-state index in [2.05, 4.69) is 20.3 Å². The Morgan fingerprint density at radius 3 is 2.68 bits per heavy atom. The molecule has 0 aromatic carbocycles. The average Bonchev–Trinajstić information content (AvgIpc) is 2.87. The van der Waals surface area contributed by atoms with E-state index in [-0.39, 0.29) is 12.0 Å². The molecule has 2 amide bonds. The van der Waals surface area contributed by atoms with Crippen molar-refractivity contribution in [3.8, 4) is 0 Å². The average molecular weight is 386 g/mol. The number of anilines is 2. The van der Waals surface area contributed by atoms with Crippen LogP contribution in [0, 0.1) is 6.92 Å². The fourth-order valence-corrected chi connectivity index (χ4v) is 3.17. The quantitative estimate of drug-likeness (QED) is 0.809. The normalized spacial score (nSPS) is 14.5. The lowest BCUT2D eigenvalue weighted by atomic mass is 10.2. The molecule has 2 aromatic rings. The lowest BCUT2D eigenvalue weighted by molar-refractivity contribution is 0.0526. The maximum absolute atomic E-state index is 12.6. The van der Waals surface area contributed by atoms with Crippen LogP contribution in [0.25, 0.3) is 0 Å². The van der Waals surface area contributed by atoms with Crippen molar-refractivity contribution in [2.24, 2.45) is 7.05 Å². The van der Waals surface area contributed by atoms with E-state index in [4.69, 9.17) is 4.74 Å². The van der Waals surface area contributed by atoms with E-state index < -0.39 is 0 Å². The summed E-state index contributed by atoms with van der Waals surface area (Å²) in [5, 5.41) is 7.16. The minimum absolute atomic E-state index is 0.129. The maximum Gasteiger partial charge on any atom is 0.339 e. The van der Waals surface area contributed by atoms with Gasteiger partial charge in [-0.2, -0.15) is 5.10 Å². The van der Waals surface area contributed by atoms with E-state index in [0.29, 0.717) is 37.6 Å². The van der Waals surface area contributed by atoms with Gasteiger partial charge < -0.3 is 14.5 Å². The first kappa shape index (κ1) is 19.7. The summed E-state index contributed by atoms with van der Waals surface area (Å²) in [7, 11) is 1.80. The summed E-state index contributed by atoms with van der Waals surface area (Å²) >= 11 is 0. The number of nitrogens with one attached hydrogen (secondary N) is 1. The first-order valence-electron chi connectivity index (χ1n) is 9.42. The topological polar surface area (TPSA) is 92.6 Å². The van der Waals surface area contributed by atoms with Gasteiger partial charge in [0.05, 0.1) is 17.9 Å². The van der Waals surface area contributed by atoms with Crippen molar-refractivity contribution in [1.29, 1.82) is 0 Å². The SMILES string of the molecule is CCOC(=O)c1ccc(N2CCCN(C(=O)Nc3cc(C)nn3C)CC2)nc1. The van der Waals surface area contributed by atoms with Crippen LogP contribution in [0.4, 0.5) is 16.4 Å². The summed E-state index contributed by atoms with van der Waals surface area (Å²) in [6.45, 7) is 6.71. The van der Waals surface area contributed by atoms with Crippen molar-refractivity contribution in [3.63, 3.8) is 0 Å². The highest BCUT2D eigenvalue weighted by Gasteiger charge is 2.21. The second-order valence-corrected chi connectivity index (χ2v) is 6.68. The molecule has 150 valence electrons. The maximum atomic E-state index is 12.6. The molecule has 1 aliphatic heterocycles. The van der Waals surface area contributed by atoms with Gasteiger partial charge in [0.25, 0.3) is 0 Å². The Morgan fingerprint density at radius 2 is 2.04 bits per heavy atom. The summed E-state index contributed by atoms with van der Waals surface area (Å²) in [6, 6.07) is 5.26. The van der Waals surface area contributed by atoms with Gasteiger partial charge in [0.1, 0.15) is 11.6 Å². The molecule has 9 nitrogen and oxygen atoms in total. The molecule has 2 aromatic heterocycles. The number of aryl methyl sites for hydroxylation is 2. The van der Waals surface area contributed by atoms with Crippen molar-refractivity contribution in [3.05, 3.63) is 35.7 Å². The van der Waals surface area contributed by atoms with E-state index in [1.807, 2.05) is 19.1 Å². The van der Waals surface area contributed by atoms with Crippen LogP contribution in [-0.2, 0) is 11.8 Å². The van der Waals surface area contributed by atoms with Crippen molar-refractivity contribution in [1.82, 2.24) is 19.7 Å². The number of carbonyl (C=O) groups is 2. The van der Waals surface area contributed by atoms with E-state index in [1.165, 1.54) is 6.20 Å². The number of pyridine rings is 1. The molecule has 0 aliphatic carbocycles. The number of urea groups is 1. The molecule has 0 spiro atoms. The van der Waals surface area contributed by atoms with E-state index in [9.17, 15) is 9.59 Å². The van der Waals surface area contributed by atoms with Gasteiger partial charge in [-0.3, -0.25) is 10.00 Å². The van der Waals surface area contributed by atoms with Crippen LogP contribution in [0.1, 0.15) is 29.4 Å². The third kappa shape index (κ3) is 4.59. The molecular formula is C19H26N6O3. The standard InChI is InChI=1S/C19H26N6O3/c1-4-28-18(26)15-6-7-16(20-13-15)24-8-5-9-25(11-10-24)19(27)21-17-12-14(2)22-23(17)3/h6-7,12-13H,4-5,8-11H2,1-3H3,(H,21,27). The monoisotopic (exact) mass is 386 g/mol. The summed E-state index contributed by atoms with van der Waals surface area (Å²) in [5.41, 5.74) is 1.30. The molecule has 1 saturated heterocycles. The second kappa shape index (κ2) is 8.73. The minimum Gasteiger partial charge on any atom is -0.462 e. The predicted octanol–water partition coefficient (Wildman–Crippen LogP) is 2.04. The summed E-state index contributed by atoms with van der Waals surface area (Å²) in [6.07, 6.45) is 2.37. The van der Waals surface area contributed by atoms with Gasteiger partial charge in [-0.05, 0) is 32.4 Å². The number of carbonyl (C=O) groups excluding carboxylic acids is 2. The number of amides is 2. The molecule has 1 fully saturated rings. The molecule has 3 rings (SSSR count). The molecular weight excluding hydrogens is 360 g/mol. The van der Waals surface area contributed by atoms with Crippen LogP contribution in [0.3, 0.4) is 0 Å². The minimum atomic E-state index is -0.370. The van der Waals surface area contributed by atoms with Crippen LogP contribution in [0.5, 0.6) is 0 Å². The largest absolute Gasteiger partial charge is 0.462 e. The van der Waals surface area contributed by atoms with Gasteiger partial charge in [0, 0.05) is 45.5 Å². The Hall–Kier alpha value is -3.10. The third-order valence-electron chi connectivity index (χ3n) is 4.60. The highest BCUT2D eigenvalue weighted by molar-refractivity contribution is 5.89. The van der Waals surface area contributed by atoms with Crippen molar-refractivity contribution in [2.45, 2.75) is 20.3 Å². The molecule has 0 saturated carbocycles. The van der Waals surface area contributed by atoms with Crippen molar-refractivity contribution < 1.29 is 14.3 Å². The second-order valence-electron chi connectivity index (χ2n) is 6.68. The Kier molecular flexibility index (Phi) is 6.13. The summed E-state index contributed by atoms with van der Waals surface area (Å²) < 4.78 is 6.64. The predicted molar refractivity (Wildman–Crippen MR) is 106 cm³/mol. The lowest BCUT2D eigenvalue weighted by Crippen LogP contribution is -2.38. The van der Waals surface area contributed by atoms with Crippen LogP contribution in [-0.4, -0.2) is 64.5 Å². The number of hydrogen-bond donors (Lipinski definition) is 1. The molecule has 28 heavy (non-hydrogen) atoms. The van der Waals surface area contributed by atoms with Gasteiger partial charge in [-0.15, -0.1) is 0 Å². The first-order valence-corrected chi connectivity index (χ1v) is 9.42. The van der Waals surface area contributed by atoms with E-state index in [1.54, 1.807) is 29.6 Å². The third-order valence-corrected chi connectivity index (χ3v) is 4.60. The number of ether oxygens (including phenoxy) is 1. The zero-order valence-corrected chi connectivity index (χ0v) is 16.5. The number of nitrogens with zero attached hydrogens (tertiary/aromatic N) is 5. The molecule has 1 aliphatic rings. The Balaban J connectivity index is 1.59. The Labute approximate surface area is 164 Å². The highest BCUT2D eigenvalue weighted by Crippen LogP contribution is 2.16. The molecule has 9 heteroatoms. The van der Waals surface area contributed by atoms with Gasteiger partial charge in [0.15, 0.2) is 0 Å². The van der Waals surface area contributed by atoms with Crippen LogP contribution >= 0.6 is 0 Å². The first-order chi connectivity index (χ1) is 13.5. The van der Waals surface area contributed by atoms with Crippen LogP contribution in [0.15, 0.2) is 24.4 Å². The molecule has 0 radical (unpaired) electrons. The zero-order chi connectivity index (χ0) is 20.1. The smallest absolute Gasteiger partial charge is 0.339 e. The molecule has 0 atom stereocenters.